The molecular formula is C8H13NO2. The van der Waals surface area contributed by atoms with Gasteiger partial charge in [0.05, 0.1) is 6.04 Å². The molecule has 1 heterocycles. The summed E-state index contributed by atoms with van der Waals surface area (Å²) in [6.45, 7) is 1.93. The quantitative estimate of drug-likeness (QED) is 0.689. The average molecular weight is 155 g/mol. The summed E-state index contributed by atoms with van der Waals surface area (Å²) in [5.41, 5.74) is 5.69. The predicted molar refractivity (Wildman–Crippen MR) is 41.9 cm³/mol. The lowest BCUT2D eigenvalue weighted by Gasteiger charge is -2.02. The Bertz CT molecular complexity index is 220. The van der Waals surface area contributed by atoms with Gasteiger partial charge in [-0.15, -0.1) is 0 Å². The Morgan fingerprint density at radius 2 is 2.36 bits per heavy atom. The van der Waals surface area contributed by atoms with Gasteiger partial charge in [0.15, 0.2) is 0 Å². The maximum atomic E-state index is 8.67. The second-order valence-corrected chi connectivity index (χ2v) is 2.48. The molecule has 0 saturated carbocycles. The van der Waals surface area contributed by atoms with Crippen molar-refractivity contribution in [1.29, 1.82) is 0 Å². The normalized spacial score (nSPS) is 13.4. The molecule has 0 spiro atoms. The highest BCUT2D eigenvalue weighted by Crippen LogP contribution is 2.16. The SMILES string of the molecule is CCC(N)c1ccc(CO)o1. The minimum Gasteiger partial charge on any atom is -0.462 e. The third-order valence-electron chi connectivity index (χ3n) is 1.64. The van der Waals surface area contributed by atoms with Crippen molar-refractivity contribution in [3.05, 3.63) is 23.7 Å². The second-order valence-electron chi connectivity index (χ2n) is 2.48. The van der Waals surface area contributed by atoms with Gasteiger partial charge in [0.2, 0.25) is 0 Å². The Balaban J connectivity index is 2.71. The van der Waals surface area contributed by atoms with Crippen LogP contribution in [0.2, 0.25) is 0 Å². The summed E-state index contributed by atoms with van der Waals surface area (Å²) in [5.74, 6) is 1.32. The summed E-state index contributed by atoms with van der Waals surface area (Å²) in [7, 11) is 0. The van der Waals surface area contributed by atoms with Gasteiger partial charge in [0, 0.05) is 0 Å². The zero-order valence-corrected chi connectivity index (χ0v) is 6.58. The number of hydrogen-bond donors (Lipinski definition) is 2. The topological polar surface area (TPSA) is 59.4 Å². The lowest BCUT2D eigenvalue weighted by molar-refractivity contribution is 0.241. The fourth-order valence-electron chi connectivity index (χ4n) is 0.880. The van der Waals surface area contributed by atoms with Gasteiger partial charge >= 0.3 is 0 Å². The molecule has 0 amide bonds. The smallest absolute Gasteiger partial charge is 0.129 e. The lowest BCUT2D eigenvalue weighted by atomic mass is 10.2. The van der Waals surface area contributed by atoms with E-state index in [-0.39, 0.29) is 12.6 Å². The van der Waals surface area contributed by atoms with Crippen LogP contribution in [0, 0.1) is 0 Å². The molecule has 3 N–H and O–H groups in total. The summed E-state index contributed by atoms with van der Waals surface area (Å²) < 4.78 is 5.21. The Labute approximate surface area is 65.8 Å². The minimum atomic E-state index is -0.0591. The molecule has 1 aromatic rings. The van der Waals surface area contributed by atoms with E-state index < -0.39 is 0 Å². The van der Waals surface area contributed by atoms with Gasteiger partial charge in [-0.3, -0.25) is 0 Å². The van der Waals surface area contributed by atoms with Crippen molar-refractivity contribution in [2.24, 2.45) is 5.73 Å². The van der Waals surface area contributed by atoms with E-state index >= 15 is 0 Å². The van der Waals surface area contributed by atoms with Gasteiger partial charge in [-0.05, 0) is 18.6 Å². The molecule has 3 nitrogen and oxygen atoms in total. The molecule has 0 bridgehead atoms. The standard InChI is InChI=1S/C8H13NO2/c1-2-7(9)8-4-3-6(5-10)11-8/h3-4,7,10H,2,5,9H2,1H3. The Kier molecular flexibility index (Phi) is 2.68. The van der Waals surface area contributed by atoms with Crippen molar-refractivity contribution in [3.63, 3.8) is 0 Å². The number of furan rings is 1. The highest BCUT2D eigenvalue weighted by Gasteiger charge is 2.07. The molecule has 0 aliphatic carbocycles. The minimum absolute atomic E-state index is 0.0460. The Morgan fingerprint density at radius 3 is 2.82 bits per heavy atom. The summed E-state index contributed by atoms with van der Waals surface area (Å²) in [6.07, 6.45) is 0.846. The number of aliphatic hydroxyl groups is 1. The third-order valence-corrected chi connectivity index (χ3v) is 1.64. The van der Waals surface area contributed by atoms with Crippen LogP contribution in [0.3, 0.4) is 0 Å². The highest BCUT2D eigenvalue weighted by atomic mass is 16.4. The van der Waals surface area contributed by atoms with Gasteiger partial charge in [0.25, 0.3) is 0 Å². The van der Waals surface area contributed by atoms with Gasteiger partial charge in [0.1, 0.15) is 18.1 Å². The van der Waals surface area contributed by atoms with Crippen LogP contribution < -0.4 is 5.73 Å². The van der Waals surface area contributed by atoms with Crippen molar-refractivity contribution in [2.75, 3.05) is 0 Å². The fraction of sp³-hybridized carbons (Fsp3) is 0.500. The van der Waals surface area contributed by atoms with Crippen molar-refractivity contribution in [2.45, 2.75) is 26.0 Å². The first-order valence-electron chi connectivity index (χ1n) is 3.73. The summed E-state index contributed by atoms with van der Waals surface area (Å²) in [5, 5.41) is 8.67. The van der Waals surface area contributed by atoms with Crippen molar-refractivity contribution in [3.8, 4) is 0 Å². The van der Waals surface area contributed by atoms with Crippen LogP contribution in [0.1, 0.15) is 30.9 Å². The van der Waals surface area contributed by atoms with Crippen LogP contribution in [0.15, 0.2) is 16.5 Å². The Hall–Kier alpha value is -0.800. The maximum Gasteiger partial charge on any atom is 0.129 e. The summed E-state index contributed by atoms with van der Waals surface area (Å²) >= 11 is 0. The first-order valence-corrected chi connectivity index (χ1v) is 3.73. The zero-order chi connectivity index (χ0) is 8.27. The molecule has 0 aliphatic rings. The van der Waals surface area contributed by atoms with E-state index in [9.17, 15) is 0 Å². The molecule has 1 rings (SSSR count). The van der Waals surface area contributed by atoms with E-state index in [0.717, 1.165) is 12.2 Å². The van der Waals surface area contributed by atoms with Crippen LogP contribution in [-0.2, 0) is 6.61 Å². The van der Waals surface area contributed by atoms with Crippen LogP contribution in [0.5, 0.6) is 0 Å². The fourth-order valence-corrected chi connectivity index (χ4v) is 0.880. The van der Waals surface area contributed by atoms with Crippen molar-refractivity contribution < 1.29 is 9.52 Å². The molecule has 3 heteroatoms. The molecule has 0 saturated heterocycles. The highest BCUT2D eigenvalue weighted by molar-refractivity contribution is 5.09. The van der Waals surface area contributed by atoms with Crippen LogP contribution in [0.25, 0.3) is 0 Å². The monoisotopic (exact) mass is 155 g/mol. The number of hydrogen-bond acceptors (Lipinski definition) is 3. The van der Waals surface area contributed by atoms with Crippen molar-refractivity contribution >= 4 is 0 Å². The molecule has 1 unspecified atom stereocenters. The van der Waals surface area contributed by atoms with E-state index in [4.69, 9.17) is 15.3 Å². The number of nitrogens with two attached hydrogens (primary N) is 1. The molecule has 11 heavy (non-hydrogen) atoms. The van der Waals surface area contributed by atoms with E-state index in [1.807, 2.05) is 6.92 Å². The van der Waals surface area contributed by atoms with Crippen LogP contribution in [-0.4, -0.2) is 5.11 Å². The Morgan fingerprint density at radius 1 is 1.64 bits per heavy atom. The number of rotatable bonds is 3. The van der Waals surface area contributed by atoms with Gasteiger partial charge < -0.3 is 15.3 Å². The van der Waals surface area contributed by atoms with Gasteiger partial charge in [-0.1, -0.05) is 6.92 Å². The van der Waals surface area contributed by atoms with E-state index in [0.29, 0.717) is 5.76 Å². The van der Waals surface area contributed by atoms with E-state index in [2.05, 4.69) is 0 Å². The summed E-state index contributed by atoms with van der Waals surface area (Å²) in [4.78, 5) is 0. The van der Waals surface area contributed by atoms with Crippen LogP contribution in [0.4, 0.5) is 0 Å². The molecular weight excluding hydrogens is 142 g/mol. The molecule has 0 fully saturated rings. The maximum absolute atomic E-state index is 8.67. The lowest BCUT2D eigenvalue weighted by Crippen LogP contribution is -2.06. The molecule has 0 aromatic carbocycles. The molecule has 62 valence electrons. The largest absolute Gasteiger partial charge is 0.462 e. The molecule has 0 aliphatic heterocycles. The van der Waals surface area contributed by atoms with Gasteiger partial charge in [-0.2, -0.15) is 0 Å². The second kappa shape index (κ2) is 3.55. The van der Waals surface area contributed by atoms with E-state index in [1.165, 1.54) is 0 Å². The predicted octanol–water partition coefficient (Wildman–Crippen LogP) is 1.18. The van der Waals surface area contributed by atoms with Gasteiger partial charge in [-0.25, -0.2) is 0 Å². The number of aliphatic hydroxyl groups excluding tert-OH is 1. The van der Waals surface area contributed by atoms with Crippen LogP contribution >= 0.6 is 0 Å². The first-order chi connectivity index (χ1) is 5.27. The third kappa shape index (κ3) is 1.82. The van der Waals surface area contributed by atoms with E-state index in [1.54, 1.807) is 12.1 Å². The summed E-state index contributed by atoms with van der Waals surface area (Å²) in [6, 6.07) is 3.50. The average Bonchev–Trinajstić information content (AvgIpc) is 2.50. The molecule has 0 radical (unpaired) electrons. The van der Waals surface area contributed by atoms with Crippen molar-refractivity contribution in [1.82, 2.24) is 0 Å². The molecule has 1 aromatic heterocycles. The molecule has 1 atom stereocenters. The zero-order valence-electron chi connectivity index (χ0n) is 6.58. The first kappa shape index (κ1) is 8.30.